The molecule has 152 valence electrons. The van der Waals surface area contributed by atoms with Crippen molar-refractivity contribution in [3.8, 4) is 0 Å². The topological polar surface area (TPSA) is 128 Å². The lowest BCUT2D eigenvalue weighted by molar-refractivity contribution is -0.166. The van der Waals surface area contributed by atoms with Crippen LogP contribution < -0.4 is 11.1 Å². The number of benzene rings is 1. The number of aliphatic carboxylic acids is 1. The van der Waals surface area contributed by atoms with Gasteiger partial charge in [0.25, 0.3) is 0 Å². The minimum Gasteiger partial charge on any atom is -0.480 e. The summed E-state index contributed by atoms with van der Waals surface area (Å²) in [5, 5.41) is 10.7. The van der Waals surface area contributed by atoms with Crippen molar-refractivity contribution in [1.29, 1.82) is 0 Å². The van der Waals surface area contributed by atoms with Crippen LogP contribution in [0.15, 0.2) is 12.1 Å². The van der Waals surface area contributed by atoms with Gasteiger partial charge in [-0.05, 0) is 64.3 Å². The smallest absolute Gasteiger partial charge is 0.347 e. The molecule has 2 atom stereocenters. The highest BCUT2D eigenvalue weighted by atomic mass is 16.6. The number of carbonyl (C=O) groups excluding carboxylic acids is 2. The van der Waals surface area contributed by atoms with Crippen LogP contribution in [-0.2, 0) is 23.9 Å². The Bertz CT molecular complexity index is 660. The van der Waals surface area contributed by atoms with Gasteiger partial charge in [-0.3, -0.25) is 4.79 Å². The van der Waals surface area contributed by atoms with Crippen LogP contribution in [0.4, 0.5) is 5.69 Å². The maximum atomic E-state index is 12.0. The predicted octanol–water partition coefficient (Wildman–Crippen LogP) is 1.94. The lowest BCUT2D eigenvalue weighted by atomic mass is 10.0. The number of hydrogen-bond donors (Lipinski definition) is 3. The summed E-state index contributed by atoms with van der Waals surface area (Å²) in [6.07, 6.45) is -0.905. The third-order valence-corrected chi connectivity index (χ3v) is 3.65. The first-order valence-corrected chi connectivity index (χ1v) is 8.66. The van der Waals surface area contributed by atoms with Gasteiger partial charge in [-0.25, -0.2) is 9.59 Å². The lowest BCUT2D eigenvalue weighted by Crippen LogP contribution is -2.34. The Morgan fingerprint density at radius 3 is 2.07 bits per heavy atom. The molecule has 0 radical (unpaired) electrons. The van der Waals surface area contributed by atoms with Crippen molar-refractivity contribution in [2.45, 2.75) is 53.7 Å². The summed E-state index contributed by atoms with van der Waals surface area (Å²) < 4.78 is 9.93. The van der Waals surface area contributed by atoms with Crippen LogP contribution in [0, 0.1) is 20.8 Å². The summed E-state index contributed by atoms with van der Waals surface area (Å²) in [4.78, 5) is 32.8. The van der Waals surface area contributed by atoms with Crippen LogP contribution in [0.5, 0.6) is 0 Å². The molecule has 1 aromatic carbocycles. The first-order chi connectivity index (χ1) is 12.5. The number of carboxylic acids is 1. The van der Waals surface area contributed by atoms with Crippen LogP contribution >= 0.6 is 0 Å². The second-order valence-corrected chi connectivity index (χ2v) is 6.05. The van der Waals surface area contributed by atoms with Gasteiger partial charge in [0.05, 0.1) is 13.2 Å². The number of esters is 2. The van der Waals surface area contributed by atoms with Gasteiger partial charge in [0.15, 0.2) is 6.10 Å². The molecule has 0 saturated heterocycles. The molecule has 0 amide bonds. The lowest BCUT2D eigenvalue weighted by Gasteiger charge is -2.19. The van der Waals surface area contributed by atoms with Crippen molar-refractivity contribution in [1.82, 2.24) is 0 Å². The molecular weight excluding hydrogens is 352 g/mol. The number of hydrogen-bond acceptors (Lipinski definition) is 7. The molecule has 1 aromatic rings. The largest absolute Gasteiger partial charge is 0.480 e. The van der Waals surface area contributed by atoms with E-state index in [1.807, 2.05) is 26.8 Å². The molecular formula is C19H30N2O6. The molecule has 0 aliphatic heterocycles. The first kappa shape index (κ1) is 24.4. The Kier molecular flexibility index (Phi) is 10.7. The second kappa shape index (κ2) is 11.9. The quantitative estimate of drug-likeness (QED) is 0.610. The third kappa shape index (κ3) is 9.05. The highest BCUT2D eigenvalue weighted by Crippen LogP contribution is 2.21. The number of ether oxygens (including phenoxy) is 2. The van der Waals surface area contributed by atoms with Crippen LogP contribution in [0.25, 0.3) is 0 Å². The zero-order valence-corrected chi connectivity index (χ0v) is 16.8. The van der Waals surface area contributed by atoms with E-state index >= 15 is 0 Å². The minimum absolute atomic E-state index is 0.260. The molecule has 1 unspecified atom stereocenters. The molecule has 0 spiro atoms. The number of aryl methyl sites for hydroxylation is 3. The summed E-state index contributed by atoms with van der Waals surface area (Å²) in [5.41, 5.74) is 8.86. The van der Waals surface area contributed by atoms with Gasteiger partial charge in [0.1, 0.15) is 6.04 Å². The van der Waals surface area contributed by atoms with Gasteiger partial charge >= 0.3 is 17.9 Å². The normalized spacial score (nSPS) is 12.1. The summed E-state index contributed by atoms with van der Waals surface area (Å²) in [7, 11) is 0. The molecule has 0 fully saturated rings. The van der Waals surface area contributed by atoms with E-state index in [9.17, 15) is 14.4 Å². The zero-order valence-electron chi connectivity index (χ0n) is 16.8. The molecule has 0 aliphatic rings. The van der Waals surface area contributed by atoms with E-state index in [-0.39, 0.29) is 13.2 Å². The summed E-state index contributed by atoms with van der Waals surface area (Å²) in [6, 6.07) is 3.51. The van der Waals surface area contributed by atoms with E-state index in [2.05, 4.69) is 17.1 Å². The Balaban J connectivity index is 0.00000119. The molecule has 0 bridgehead atoms. The number of carbonyl (C=O) groups is 3. The van der Waals surface area contributed by atoms with Crippen LogP contribution in [-0.4, -0.2) is 48.3 Å². The van der Waals surface area contributed by atoms with E-state index in [4.69, 9.17) is 14.6 Å². The SMILES string of the molecule is CCOC(=O)C(C)OC(=O)[C@H](C)Nc1cc(C)c(C)cc1C.NCC(=O)O. The minimum atomic E-state index is -0.968. The van der Waals surface area contributed by atoms with Gasteiger partial charge in [0.2, 0.25) is 0 Å². The Morgan fingerprint density at radius 2 is 1.59 bits per heavy atom. The summed E-state index contributed by atoms with van der Waals surface area (Å²) in [5.74, 6) is -1.99. The van der Waals surface area contributed by atoms with E-state index in [0.717, 1.165) is 16.8 Å². The third-order valence-electron chi connectivity index (χ3n) is 3.65. The summed E-state index contributed by atoms with van der Waals surface area (Å²) >= 11 is 0. The second-order valence-electron chi connectivity index (χ2n) is 6.05. The fraction of sp³-hybridized carbons (Fsp3) is 0.526. The monoisotopic (exact) mass is 382 g/mol. The standard InChI is InChI=1S/C17H25NO4.C2H5NO2/c1-7-21-17(20)14(6)22-16(19)13(5)18-15-9-11(3)10(2)8-12(15)4;3-1-2(4)5/h8-9,13-14,18H,7H2,1-6H3;1,3H2,(H,4,5)/t13-,14?;/m0./s1. The van der Waals surface area contributed by atoms with Crippen molar-refractivity contribution in [3.63, 3.8) is 0 Å². The van der Waals surface area contributed by atoms with E-state index in [1.165, 1.54) is 12.5 Å². The fourth-order valence-corrected chi connectivity index (χ4v) is 1.99. The van der Waals surface area contributed by atoms with Gasteiger partial charge < -0.3 is 25.6 Å². The number of carboxylic acid groups (broad SMARTS) is 1. The Labute approximate surface area is 160 Å². The maximum absolute atomic E-state index is 12.0. The summed E-state index contributed by atoms with van der Waals surface area (Å²) in [6.45, 7) is 10.9. The fourth-order valence-electron chi connectivity index (χ4n) is 1.99. The molecule has 0 aromatic heterocycles. The molecule has 8 heteroatoms. The van der Waals surface area contributed by atoms with Crippen molar-refractivity contribution in [2.75, 3.05) is 18.5 Å². The maximum Gasteiger partial charge on any atom is 0.347 e. The molecule has 0 heterocycles. The van der Waals surface area contributed by atoms with E-state index in [1.54, 1.807) is 13.8 Å². The molecule has 1 rings (SSSR count). The van der Waals surface area contributed by atoms with Crippen molar-refractivity contribution >= 4 is 23.6 Å². The number of rotatable bonds is 7. The van der Waals surface area contributed by atoms with Crippen molar-refractivity contribution < 1.29 is 29.0 Å². The first-order valence-electron chi connectivity index (χ1n) is 8.66. The number of anilines is 1. The zero-order chi connectivity index (χ0) is 21.1. The Hall–Kier alpha value is -2.61. The molecule has 27 heavy (non-hydrogen) atoms. The van der Waals surface area contributed by atoms with Gasteiger partial charge in [-0.1, -0.05) is 6.07 Å². The number of nitrogens with two attached hydrogens (primary N) is 1. The van der Waals surface area contributed by atoms with Crippen molar-refractivity contribution in [3.05, 3.63) is 28.8 Å². The predicted molar refractivity (Wildman–Crippen MR) is 103 cm³/mol. The average molecular weight is 382 g/mol. The van der Waals surface area contributed by atoms with E-state index < -0.39 is 30.1 Å². The number of nitrogens with one attached hydrogen (secondary N) is 1. The molecule has 8 nitrogen and oxygen atoms in total. The highest BCUT2D eigenvalue weighted by molar-refractivity contribution is 5.83. The average Bonchev–Trinajstić information content (AvgIpc) is 2.60. The van der Waals surface area contributed by atoms with Crippen LogP contribution in [0.2, 0.25) is 0 Å². The molecule has 0 aliphatic carbocycles. The van der Waals surface area contributed by atoms with E-state index in [0.29, 0.717) is 0 Å². The van der Waals surface area contributed by atoms with Crippen LogP contribution in [0.3, 0.4) is 0 Å². The van der Waals surface area contributed by atoms with Gasteiger partial charge in [-0.2, -0.15) is 0 Å². The molecule has 0 saturated carbocycles. The Morgan fingerprint density at radius 1 is 1.07 bits per heavy atom. The van der Waals surface area contributed by atoms with Gasteiger partial charge in [0, 0.05) is 5.69 Å². The van der Waals surface area contributed by atoms with Gasteiger partial charge in [-0.15, -0.1) is 0 Å². The highest BCUT2D eigenvalue weighted by Gasteiger charge is 2.23. The van der Waals surface area contributed by atoms with Crippen molar-refractivity contribution in [2.24, 2.45) is 5.73 Å². The molecule has 4 N–H and O–H groups in total. The van der Waals surface area contributed by atoms with Crippen LogP contribution in [0.1, 0.15) is 37.5 Å².